The lowest BCUT2D eigenvalue weighted by Crippen LogP contribution is -2.06. The van der Waals surface area contributed by atoms with E-state index in [0.717, 1.165) is 17.9 Å². The molecule has 5 nitrogen and oxygen atoms in total. The van der Waals surface area contributed by atoms with Gasteiger partial charge in [0.2, 0.25) is 0 Å². The minimum Gasteiger partial charge on any atom is -0.378 e. The molecule has 0 spiro atoms. The van der Waals surface area contributed by atoms with Gasteiger partial charge >= 0.3 is 0 Å². The van der Waals surface area contributed by atoms with Crippen LogP contribution in [0, 0.1) is 0 Å². The van der Waals surface area contributed by atoms with Gasteiger partial charge in [0.1, 0.15) is 0 Å². The minimum atomic E-state index is 0.223. The smallest absolute Gasteiger partial charge is 0.0647 e. The van der Waals surface area contributed by atoms with Crippen LogP contribution in [0.1, 0.15) is 25.5 Å². The number of nitrogens with zero attached hydrogens (tertiary/aromatic N) is 4. The molecule has 108 valence electrons. The lowest BCUT2D eigenvalue weighted by Gasteiger charge is -2.14. The SMILES string of the molecule is CCn1cc(C(C)Nc2ccc(-n3cccn3)cc2)cn1. The van der Waals surface area contributed by atoms with Crippen LogP contribution in [-0.4, -0.2) is 19.6 Å². The van der Waals surface area contributed by atoms with Crippen molar-refractivity contribution in [2.45, 2.75) is 26.4 Å². The van der Waals surface area contributed by atoms with Crippen LogP contribution in [0.3, 0.4) is 0 Å². The first kappa shape index (κ1) is 13.4. The quantitative estimate of drug-likeness (QED) is 0.781. The van der Waals surface area contributed by atoms with E-state index in [-0.39, 0.29) is 6.04 Å². The molecule has 1 aromatic carbocycles. The van der Waals surface area contributed by atoms with Crippen molar-refractivity contribution < 1.29 is 0 Å². The van der Waals surface area contributed by atoms with Gasteiger partial charge in [-0.15, -0.1) is 0 Å². The maximum Gasteiger partial charge on any atom is 0.0647 e. The van der Waals surface area contributed by atoms with Gasteiger partial charge in [0, 0.05) is 36.4 Å². The summed E-state index contributed by atoms with van der Waals surface area (Å²) < 4.78 is 3.78. The normalized spacial score (nSPS) is 12.3. The second-order valence-electron chi connectivity index (χ2n) is 4.99. The standard InChI is InChI=1S/C16H19N5/c1-3-20-12-14(11-18-20)13(2)19-15-5-7-16(8-6-15)21-10-4-9-17-21/h4-13,19H,3H2,1-2H3. The Morgan fingerprint density at radius 2 is 2.00 bits per heavy atom. The lowest BCUT2D eigenvalue weighted by atomic mass is 10.2. The Morgan fingerprint density at radius 1 is 1.19 bits per heavy atom. The fraction of sp³-hybridized carbons (Fsp3) is 0.250. The zero-order valence-corrected chi connectivity index (χ0v) is 12.3. The predicted octanol–water partition coefficient (Wildman–Crippen LogP) is 3.26. The fourth-order valence-electron chi connectivity index (χ4n) is 2.24. The Kier molecular flexibility index (Phi) is 3.73. The number of aromatic nitrogens is 4. The largest absolute Gasteiger partial charge is 0.378 e. The summed E-state index contributed by atoms with van der Waals surface area (Å²) in [5.41, 5.74) is 3.33. The molecule has 5 heteroatoms. The van der Waals surface area contributed by atoms with Gasteiger partial charge in [0.15, 0.2) is 0 Å². The number of benzene rings is 1. The van der Waals surface area contributed by atoms with Crippen LogP contribution in [0.4, 0.5) is 5.69 Å². The molecular weight excluding hydrogens is 262 g/mol. The molecule has 0 saturated carbocycles. The average molecular weight is 281 g/mol. The van der Waals surface area contributed by atoms with Crippen LogP contribution in [0.5, 0.6) is 0 Å². The second kappa shape index (κ2) is 5.83. The molecule has 0 fully saturated rings. The summed E-state index contributed by atoms with van der Waals surface area (Å²) in [7, 11) is 0. The molecule has 0 radical (unpaired) electrons. The number of hydrogen-bond acceptors (Lipinski definition) is 3. The predicted molar refractivity (Wildman–Crippen MR) is 83.5 cm³/mol. The summed E-state index contributed by atoms with van der Waals surface area (Å²) in [4.78, 5) is 0. The van der Waals surface area contributed by atoms with Gasteiger partial charge in [-0.05, 0) is 44.2 Å². The van der Waals surface area contributed by atoms with Gasteiger partial charge in [-0.3, -0.25) is 4.68 Å². The third-order valence-electron chi connectivity index (χ3n) is 3.50. The van der Waals surface area contributed by atoms with E-state index in [1.165, 1.54) is 5.56 Å². The molecule has 0 bridgehead atoms. The van der Waals surface area contributed by atoms with Gasteiger partial charge in [-0.25, -0.2) is 4.68 Å². The van der Waals surface area contributed by atoms with Gasteiger partial charge in [0.25, 0.3) is 0 Å². The monoisotopic (exact) mass is 281 g/mol. The molecule has 1 unspecified atom stereocenters. The van der Waals surface area contributed by atoms with Crippen molar-refractivity contribution in [1.29, 1.82) is 0 Å². The van der Waals surface area contributed by atoms with Crippen molar-refractivity contribution in [2.24, 2.45) is 0 Å². The van der Waals surface area contributed by atoms with Crippen molar-refractivity contribution in [1.82, 2.24) is 19.6 Å². The highest BCUT2D eigenvalue weighted by atomic mass is 15.3. The van der Waals surface area contributed by atoms with Crippen molar-refractivity contribution in [2.75, 3.05) is 5.32 Å². The highest BCUT2D eigenvalue weighted by molar-refractivity contribution is 5.49. The summed E-state index contributed by atoms with van der Waals surface area (Å²) >= 11 is 0. The van der Waals surface area contributed by atoms with E-state index < -0.39 is 0 Å². The van der Waals surface area contributed by atoms with E-state index in [4.69, 9.17) is 0 Å². The summed E-state index contributed by atoms with van der Waals surface area (Å²) in [5.74, 6) is 0. The maximum atomic E-state index is 4.31. The van der Waals surface area contributed by atoms with Gasteiger partial charge in [-0.1, -0.05) is 0 Å². The van der Waals surface area contributed by atoms with Crippen molar-refractivity contribution in [3.05, 3.63) is 60.7 Å². The Hall–Kier alpha value is -2.56. The number of nitrogens with one attached hydrogen (secondary N) is 1. The second-order valence-corrected chi connectivity index (χ2v) is 4.99. The third-order valence-corrected chi connectivity index (χ3v) is 3.50. The van der Waals surface area contributed by atoms with Crippen LogP contribution in [0.2, 0.25) is 0 Å². The van der Waals surface area contributed by atoms with E-state index in [2.05, 4.69) is 59.8 Å². The first-order chi connectivity index (χ1) is 10.3. The summed E-state index contributed by atoms with van der Waals surface area (Å²) in [5, 5.41) is 12.0. The first-order valence-electron chi connectivity index (χ1n) is 7.15. The van der Waals surface area contributed by atoms with Gasteiger partial charge in [-0.2, -0.15) is 10.2 Å². The molecule has 0 saturated heterocycles. The molecule has 0 aliphatic carbocycles. The van der Waals surface area contributed by atoms with Crippen molar-refractivity contribution >= 4 is 5.69 Å². The molecule has 0 aliphatic rings. The Bertz CT molecular complexity index is 682. The highest BCUT2D eigenvalue weighted by Crippen LogP contribution is 2.20. The number of anilines is 1. The summed E-state index contributed by atoms with van der Waals surface area (Å²) in [6.07, 6.45) is 7.71. The van der Waals surface area contributed by atoms with Crippen molar-refractivity contribution in [3.63, 3.8) is 0 Å². The lowest BCUT2D eigenvalue weighted by molar-refractivity contribution is 0.658. The van der Waals surface area contributed by atoms with Crippen LogP contribution >= 0.6 is 0 Å². The summed E-state index contributed by atoms with van der Waals surface area (Å²) in [6, 6.07) is 10.4. The third kappa shape index (κ3) is 2.97. The first-order valence-corrected chi connectivity index (χ1v) is 7.15. The highest BCUT2D eigenvalue weighted by Gasteiger charge is 2.07. The number of rotatable bonds is 5. The zero-order valence-electron chi connectivity index (χ0n) is 12.3. The van der Waals surface area contributed by atoms with E-state index >= 15 is 0 Å². The van der Waals surface area contributed by atoms with Crippen LogP contribution in [0.15, 0.2) is 55.1 Å². The van der Waals surface area contributed by atoms with Gasteiger partial charge in [0.05, 0.1) is 17.9 Å². The number of hydrogen-bond donors (Lipinski definition) is 1. The molecule has 0 amide bonds. The van der Waals surface area contributed by atoms with Crippen LogP contribution in [0.25, 0.3) is 5.69 Å². The van der Waals surface area contributed by atoms with E-state index in [0.29, 0.717) is 0 Å². The Morgan fingerprint density at radius 3 is 2.62 bits per heavy atom. The topological polar surface area (TPSA) is 47.7 Å². The molecule has 21 heavy (non-hydrogen) atoms. The zero-order chi connectivity index (χ0) is 14.7. The summed E-state index contributed by atoms with van der Waals surface area (Å²) in [6.45, 7) is 5.12. The Balaban J connectivity index is 1.70. The van der Waals surface area contributed by atoms with E-state index in [9.17, 15) is 0 Å². The molecule has 2 heterocycles. The maximum absolute atomic E-state index is 4.31. The molecule has 1 N–H and O–H groups in total. The minimum absolute atomic E-state index is 0.223. The van der Waals surface area contributed by atoms with Crippen LogP contribution < -0.4 is 5.32 Å². The van der Waals surface area contributed by atoms with Crippen molar-refractivity contribution in [3.8, 4) is 5.69 Å². The number of aryl methyl sites for hydroxylation is 1. The van der Waals surface area contributed by atoms with E-state index in [1.807, 2.05) is 27.8 Å². The Labute approximate surface area is 124 Å². The fourth-order valence-corrected chi connectivity index (χ4v) is 2.24. The molecule has 3 aromatic rings. The van der Waals surface area contributed by atoms with Crippen LogP contribution in [-0.2, 0) is 6.54 Å². The van der Waals surface area contributed by atoms with E-state index in [1.54, 1.807) is 6.20 Å². The molecule has 2 aromatic heterocycles. The molecular formula is C16H19N5. The molecule has 0 aliphatic heterocycles. The molecule has 3 rings (SSSR count). The van der Waals surface area contributed by atoms with Gasteiger partial charge < -0.3 is 5.32 Å². The molecule has 1 atom stereocenters. The average Bonchev–Trinajstić information content (AvgIpc) is 3.19.